The van der Waals surface area contributed by atoms with Gasteiger partial charge in [-0.1, -0.05) is 19.1 Å². The summed E-state index contributed by atoms with van der Waals surface area (Å²) < 4.78 is 16.7. The lowest BCUT2D eigenvalue weighted by Crippen LogP contribution is -2.41. The van der Waals surface area contributed by atoms with E-state index in [1.54, 1.807) is 12.1 Å². The van der Waals surface area contributed by atoms with Crippen molar-refractivity contribution in [3.63, 3.8) is 0 Å². The van der Waals surface area contributed by atoms with Crippen LogP contribution in [-0.2, 0) is 4.79 Å². The van der Waals surface area contributed by atoms with E-state index in [-0.39, 0.29) is 36.5 Å². The predicted molar refractivity (Wildman–Crippen MR) is 115 cm³/mol. The molecule has 2 atom stereocenters. The molecule has 1 saturated heterocycles. The average Bonchev–Trinajstić information content (AvgIpc) is 3.37. The zero-order valence-corrected chi connectivity index (χ0v) is 17.7. The highest BCUT2D eigenvalue weighted by molar-refractivity contribution is 5.98. The molecule has 0 spiro atoms. The van der Waals surface area contributed by atoms with Crippen LogP contribution in [0.15, 0.2) is 36.4 Å². The van der Waals surface area contributed by atoms with Gasteiger partial charge in [0.1, 0.15) is 11.9 Å². The molecule has 2 amide bonds. The van der Waals surface area contributed by atoms with Crippen LogP contribution in [0.4, 0.5) is 5.69 Å². The Balaban J connectivity index is 1.21. The molecule has 31 heavy (non-hydrogen) atoms. The molecule has 0 bridgehead atoms. The summed E-state index contributed by atoms with van der Waals surface area (Å²) in [7, 11) is 0. The number of benzene rings is 2. The van der Waals surface area contributed by atoms with E-state index in [0.717, 1.165) is 11.3 Å². The molecule has 3 aliphatic heterocycles. The molecule has 2 unspecified atom stereocenters. The van der Waals surface area contributed by atoms with Crippen molar-refractivity contribution in [3.8, 4) is 17.2 Å². The van der Waals surface area contributed by atoms with Gasteiger partial charge in [-0.15, -0.1) is 0 Å². The number of carbonyl (C=O) groups excluding carboxylic acids is 2. The van der Waals surface area contributed by atoms with Crippen LogP contribution < -0.4 is 19.5 Å². The van der Waals surface area contributed by atoms with Crippen molar-refractivity contribution in [2.45, 2.75) is 38.7 Å². The number of hydrogen-bond donors (Lipinski definition) is 1. The van der Waals surface area contributed by atoms with Crippen LogP contribution in [0.1, 0.15) is 48.5 Å². The summed E-state index contributed by atoms with van der Waals surface area (Å²) in [6, 6.07) is 11.2. The molecule has 5 rings (SSSR count). The summed E-state index contributed by atoms with van der Waals surface area (Å²) in [5.74, 6) is 2.13. The molecule has 3 aliphatic rings. The highest BCUT2D eigenvalue weighted by atomic mass is 16.7. The van der Waals surface area contributed by atoms with Crippen LogP contribution in [0.2, 0.25) is 0 Å². The predicted octanol–water partition coefficient (Wildman–Crippen LogP) is 3.79. The first-order valence-corrected chi connectivity index (χ1v) is 10.8. The number of anilines is 1. The van der Waals surface area contributed by atoms with Gasteiger partial charge in [0.15, 0.2) is 11.5 Å². The van der Waals surface area contributed by atoms with Gasteiger partial charge in [0.25, 0.3) is 5.91 Å². The van der Waals surface area contributed by atoms with Crippen molar-refractivity contribution in [2.75, 3.05) is 25.2 Å². The second-order valence-electron chi connectivity index (χ2n) is 8.46. The number of fused-ring (bicyclic) bond motifs is 2. The summed E-state index contributed by atoms with van der Waals surface area (Å²) >= 11 is 0. The third kappa shape index (κ3) is 3.58. The number of amides is 2. The Morgan fingerprint density at radius 2 is 1.81 bits per heavy atom. The minimum Gasteiger partial charge on any atom is -0.489 e. The minimum atomic E-state index is -0.132. The lowest BCUT2D eigenvalue weighted by atomic mass is 9.94. The SMILES string of the molecule is CC1Oc2c(C(=O)N3CCC(C(=O)Nc4ccc5c(c4)OCO5)CC3)cccc2C1C. The largest absolute Gasteiger partial charge is 0.489 e. The molecule has 0 aromatic heterocycles. The van der Waals surface area contributed by atoms with E-state index in [9.17, 15) is 9.59 Å². The van der Waals surface area contributed by atoms with Crippen molar-refractivity contribution >= 4 is 17.5 Å². The number of likely N-dealkylation sites (tertiary alicyclic amines) is 1. The maximum atomic E-state index is 13.2. The van der Waals surface area contributed by atoms with Gasteiger partial charge >= 0.3 is 0 Å². The fourth-order valence-electron chi connectivity index (χ4n) is 4.49. The maximum absolute atomic E-state index is 13.2. The smallest absolute Gasteiger partial charge is 0.257 e. The number of nitrogens with zero attached hydrogens (tertiary/aromatic N) is 1. The van der Waals surface area contributed by atoms with E-state index in [4.69, 9.17) is 14.2 Å². The van der Waals surface area contributed by atoms with E-state index in [1.807, 2.05) is 36.1 Å². The first-order chi connectivity index (χ1) is 15.0. The number of ether oxygens (including phenoxy) is 3. The third-order valence-electron chi connectivity index (χ3n) is 6.57. The number of nitrogens with one attached hydrogen (secondary N) is 1. The van der Waals surface area contributed by atoms with Crippen LogP contribution in [0, 0.1) is 5.92 Å². The molecule has 2 aromatic rings. The van der Waals surface area contributed by atoms with Crippen molar-refractivity contribution < 1.29 is 23.8 Å². The average molecular weight is 422 g/mol. The Kier molecular flexibility index (Phi) is 4.96. The Labute approximate surface area is 181 Å². The fourth-order valence-corrected chi connectivity index (χ4v) is 4.49. The Morgan fingerprint density at radius 1 is 1.03 bits per heavy atom. The van der Waals surface area contributed by atoms with E-state index < -0.39 is 0 Å². The summed E-state index contributed by atoms with van der Waals surface area (Å²) in [5.41, 5.74) is 2.40. The quantitative estimate of drug-likeness (QED) is 0.814. The zero-order chi connectivity index (χ0) is 21.5. The molecule has 3 heterocycles. The molecule has 0 radical (unpaired) electrons. The molecule has 0 saturated carbocycles. The second-order valence-corrected chi connectivity index (χ2v) is 8.46. The van der Waals surface area contributed by atoms with Gasteiger partial charge in [-0.3, -0.25) is 9.59 Å². The first-order valence-electron chi connectivity index (χ1n) is 10.8. The summed E-state index contributed by atoms with van der Waals surface area (Å²) in [6.07, 6.45) is 1.32. The second kappa shape index (κ2) is 7.80. The van der Waals surface area contributed by atoms with Crippen molar-refractivity contribution in [3.05, 3.63) is 47.5 Å². The van der Waals surface area contributed by atoms with E-state index in [1.165, 1.54) is 0 Å². The van der Waals surface area contributed by atoms with Gasteiger partial charge in [0, 0.05) is 42.2 Å². The van der Waals surface area contributed by atoms with Gasteiger partial charge in [-0.05, 0) is 38.0 Å². The molecule has 7 nitrogen and oxygen atoms in total. The standard InChI is InChI=1S/C24H26N2O5/c1-14-15(2)31-22-18(14)4-3-5-19(22)24(28)26-10-8-16(9-11-26)23(27)25-17-6-7-20-21(12-17)30-13-29-20/h3-7,12,14-16H,8-11,13H2,1-2H3,(H,25,27). The molecule has 1 fully saturated rings. The number of para-hydroxylation sites is 1. The van der Waals surface area contributed by atoms with Crippen LogP contribution in [0.25, 0.3) is 0 Å². The van der Waals surface area contributed by atoms with Gasteiger partial charge in [-0.2, -0.15) is 0 Å². The molecule has 7 heteroatoms. The Bertz CT molecular complexity index is 1030. The van der Waals surface area contributed by atoms with Gasteiger partial charge < -0.3 is 24.4 Å². The Hall–Kier alpha value is -3.22. The van der Waals surface area contributed by atoms with Crippen LogP contribution in [0.5, 0.6) is 17.2 Å². The third-order valence-corrected chi connectivity index (χ3v) is 6.57. The molecular formula is C24H26N2O5. The number of hydrogen-bond acceptors (Lipinski definition) is 5. The Morgan fingerprint density at radius 3 is 2.61 bits per heavy atom. The monoisotopic (exact) mass is 422 g/mol. The summed E-state index contributed by atoms with van der Waals surface area (Å²) in [4.78, 5) is 27.7. The number of rotatable bonds is 3. The van der Waals surface area contributed by atoms with Crippen LogP contribution in [-0.4, -0.2) is 42.7 Å². The number of carbonyl (C=O) groups is 2. The molecular weight excluding hydrogens is 396 g/mol. The lowest BCUT2D eigenvalue weighted by Gasteiger charge is -2.31. The first kappa shape index (κ1) is 19.7. The molecule has 2 aromatic carbocycles. The zero-order valence-electron chi connectivity index (χ0n) is 17.7. The fraction of sp³-hybridized carbons (Fsp3) is 0.417. The molecule has 0 aliphatic carbocycles. The topological polar surface area (TPSA) is 77.1 Å². The number of piperidine rings is 1. The maximum Gasteiger partial charge on any atom is 0.257 e. The normalized spacial score (nSPS) is 22.1. The van der Waals surface area contributed by atoms with E-state index in [2.05, 4.69) is 12.2 Å². The summed E-state index contributed by atoms with van der Waals surface area (Å²) in [6.45, 7) is 5.45. The highest BCUT2D eigenvalue weighted by Crippen LogP contribution is 2.41. The van der Waals surface area contributed by atoms with Gasteiger partial charge in [-0.25, -0.2) is 0 Å². The molecule has 162 valence electrons. The van der Waals surface area contributed by atoms with Crippen molar-refractivity contribution in [2.24, 2.45) is 5.92 Å². The molecule has 1 N–H and O–H groups in total. The minimum absolute atomic E-state index is 0.0206. The van der Waals surface area contributed by atoms with Crippen molar-refractivity contribution in [1.29, 1.82) is 0 Å². The summed E-state index contributed by atoms with van der Waals surface area (Å²) in [5, 5.41) is 2.96. The van der Waals surface area contributed by atoms with Crippen LogP contribution in [0.3, 0.4) is 0 Å². The van der Waals surface area contributed by atoms with Gasteiger partial charge in [0.2, 0.25) is 12.7 Å². The highest BCUT2D eigenvalue weighted by Gasteiger charge is 2.34. The van der Waals surface area contributed by atoms with Crippen LogP contribution >= 0.6 is 0 Å². The lowest BCUT2D eigenvalue weighted by molar-refractivity contribution is -0.121. The van der Waals surface area contributed by atoms with E-state index >= 15 is 0 Å². The van der Waals surface area contributed by atoms with Crippen molar-refractivity contribution in [1.82, 2.24) is 4.90 Å². The van der Waals surface area contributed by atoms with E-state index in [0.29, 0.717) is 48.7 Å². The van der Waals surface area contributed by atoms with Gasteiger partial charge in [0.05, 0.1) is 5.56 Å².